The fraction of sp³-hybridized carbons (Fsp3) is 0.462. The van der Waals surface area contributed by atoms with E-state index in [0.29, 0.717) is 12.2 Å². The normalized spacial score (nSPS) is 16.8. The van der Waals surface area contributed by atoms with E-state index in [1.165, 1.54) is 5.56 Å². The van der Waals surface area contributed by atoms with Crippen LogP contribution in [0.4, 0.5) is 0 Å². The van der Waals surface area contributed by atoms with Gasteiger partial charge in [-0.3, -0.25) is 9.59 Å². The molecule has 0 radical (unpaired) electrons. The number of amides is 2. The first kappa shape index (κ1) is 25.8. The van der Waals surface area contributed by atoms with E-state index >= 15 is 0 Å². The van der Waals surface area contributed by atoms with Crippen LogP contribution in [0.5, 0.6) is 5.75 Å². The lowest BCUT2D eigenvalue weighted by Gasteiger charge is -2.28. The second-order valence-corrected chi connectivity index (χ2v) is 9.40. The number of carbonyl (C=O) groups excluding carboxylic acids is 2. The lowest BCUT2D eigenvalue weighted by molar-refractivity contribution is -0.125. The molecule has 0 saturated carbocycles. The summed E-state index contributed by atoms with van der Waals surface area (Å²) in [7, 11) is -0.0905. The van der Waals surface area contributed by atoms with Gasteiger partial charge >= 0.3 is 7.12 Å². The molecule has 0 heterocycles. The molecule has 0 saturated heterocycles. The van der Waals surface area contributed by atoms with Crippen LogP contribution in [0, 0.1) is 5.92 Å². The Morgan fingerprint density at radius 2 is 1.88 bits per heavy atom. The van der Waals surface area contributed by atoms with Crippen molar-refractivity contribution in [3.05, 3.63) is 65.2 Å². The van der Waals surface area contributed by atoms with Crippen molar-refractivity contribution in [1.82, 2.24) is 10.6 Å². The molecule has 4 N–H and O–H groups in total. The van der Waals surface area contributed by atoms with Gasteiger partial charge in [-0.1, -0.05) is 50.2 Å². The summed E-state index contributed by atoms with van der Waals surface area (Å²) in [5.74, 6) is -0.728. The van der Waals surface area contributed by atoms with Gasteiger partial charge in [0.05, 0.1) is 31.4 Å². The molecule has 2 aromatic rings. The van der Waals surface area contributed by atoms with E-state index < -0.39 is 19.1 Å². The smallest absolute Gasteiger partial charge is 0.475 e. The molecule has 1 unspecified atom stereocenters. The van der Waals surface area contributed by atoms with E-state index in [9.17, 15) is 19.6 Å². The maximum atomic E-state index is 13.4. The van der Waals surface area contributed by atoms with Crippen molar-refractivity contribution < 1.29 is 24.4 Å². The zero-order valence-electron chi connectivity index (χ0n) is 20.2. The Morgan fingerprint density at radius 1 is 1.12 bits per heavy atom. The molecule has 1 aliphatic rings. The highest BCUT2D eigenvalue weighted by Crippen LogP contribution is 2.32. The van der Waals surface area contributed by atoms with Gasteiger partial charge in [0.25, 0.3) is 0 Å². The Bertz CT molecular complexity index is 981. The lowest BCUT2D eigenvalue weighted by atomic mass is 9.75. The van der Waals surface area contributed by atoms with Crippen molar-refractivity contribution in [1.29, 1.82) is 0 Å². The van der Waals surface area contributed by atoms with Crippen molar-refractivity contribution in [2.45, 2.75) is 63.9 Å². The van der Waals surface area contributed by atoms with Crippen LogP contribution in [0.1, 0.15) is 68.2 Å². The molecule has 0 fully saturated rings. The van der Waals surface area contributed by atoms with Gasteiger partial charge in [-0.2, -0.15) is 0 Å². The number of aryl methyl sites for hydroxylation is 1. The second kappa shape index (κ2) is 12.0. The molecule has 182 valence electrons. The van der Waals surface area contributed by atoms with Crippen LogP contribution in [0.15, 0.2) is 48.5 Å². The van der Waals surface area contributed by atoms with Crippen LogP contribution in [0.2, 0.25) is 0 Å². The number of benzene rings is 2. The van der Waals surface area contributed by atoms with E-state index in [4.69, 9.17) is 4.74 Å². The average Bonchev–Trinajstić information content (AvgIpc) is 2.82. The minimum atomic E-state index is -1.66. The monoisotopic (exact) mass is 466 g/mol. The summed E-state index contributed by atoms with van der Waals surface area (Å²) in [5, 5.41) is 25.2. The molecule has 34 heavy (non-hydrogen) atoms. The summed E-state index contributed by atoms with van der Waals surface area (Å²) in [6.45, 7) is 3.89. The molecule has 1 aliphatic carbocycles. The number of carbonyl (C=O) groups is 2. The van der Waals surface area contributed by atoms with E-state index in [1.807, 2.05) is 44.2 Å². The predicted molar refractivity (Wildman–Crippen MR) is 132 cm³/mol. The third-order valence-electron chi connectivity index (χ3n) is 6.32. The summed E-state index contributed by atoms with van der Waals surface area (Å²) < 4.78 is 5.34. The van der Waals surface area contributed by atoms with Crippen molar-refractivity contribution in [3.63, 3.8) is 0 Å². The van der Waals surface area contributed by atoms with Gasteiger partial charge in [0.15, 0.2) is 0 Å². The van der Waals surface area contributed by atoms with Gasteiger partial charge in [-0.05, 0) is 60.4 Å². The van der Waals surface area contributed by atoms with E-state index in [-0.39, 0.29) is 30.1 Å². The molecule has 2 amide bonds. The molecule has 0 aliphatic heterocycles. The Morgan fingerprint density at radius 3 is 2.59 bits per heavy atom. The third-order valence-corrected chi connectivity index (χ3v) is 6.32. The van der Waals surface area contributed by atoms with Gasteiger partial charge in [-0.15, -0.1) is 0 Å². The number of rotatable bonds is 10. The summed E-state index contributed by atoms with van der Waals surface area (Å²) in [6.07, 6.45) is 3.05. The van der Waals surface area contributed by atoms with E-state index in [2.05, 4.69) is 16.7 Å². The van der Waals surface area contributed by atoms with Gasteiger partial charge in [0.2, 0.25) is 11.8 Å². The van der Waals surface area contributed by atoms with Crippen molar-refractivity contribution in [2.75, 3.05) is 7.11 Å². The van der Waals surface area contributed by atoms with Crippen molar-refractivity contribution >= 4 is 18.9 Å². The first-order chi connectivity index (χ1) is 16.3. The Kier molecular flexibility index (Phi) is 9.13. The quantitative estimate of drug-likeness (QED) is 0.403. The van der Waals surface area contributed by atoms with Gasteiger partial charge in [-0.25, -0.2) is 0 Å². The number of nitrogens with one attached hydrogen (secondary N) is 2. The molecule has 0 aromatic heterocycles. The fourth-order valence-corrected chi connectivity index (χ4v) is 4.62. The zero-order chi connectivity index (χ0) is 24.7. The average molecular weight is 466 g/mol. The van der Waals surface area contributed by atoms with Crippen LogP contribution in [-0.2, 0) is 16.0 Å². The van der Waals surface area contributed by atoms with Crippen LogP contribution >= 0.6 is 0 Å². The number of fused-ring (bicyclic) bond motifs is 1. The fourth-order valence-electron chi connectivity index (χ4n) is 4.62. The molecule has 2 aromatic carbocycles. The standard InChI is InChI=1S/C26H35BN2O5/c1-17(2)14-24(27(32)33)29-25(30)16-23(19-10-6-11-20(15-19)34-3)28-26(31)22-13-7-9-18-8-4-5-12-21(18)22/h4-6,8,10-12,15,17,22-24,32-33H,7,9,13-14,16H2,1-3H3,(H,28,31)(H,29,30)/t22-,23?,24-/m0/s1. The van der Waals surface area contributed by atoms with Gasteiger partial charge in [0.1, 0.15) is 5.75 Å². The first-order valence-corrected chi connectivity index (χ1v) is 12.0. The predicted octanol–water partition coefficient (Wildman–Crippen LogP) is 2.91. The van der Waals surface area contributed by atoms with Gasteiger partial charge in [0, 0.05) is 0 Å². The molecule has 3 atom stereocenters. The van der Waals surface area contributed by atoms with Crippen molar-refractivity contribution in [3.8, 4) is 5.75 Å². The summed E-state index contributed by atoms with van der Waals surface area (Å²) >= 11 is 0. The molecule has 0 bridgehead atoms. The topological polar surface area (TPSA) is 108 Å². The van der Waals surface area contributed by atoms with Crippen LogP contribution < -0.4 is 15.4 Å². The SMILES string of the molecule is COc1cccc(C(CC(=O)N[C@@H](CC(C)C)B(O)O)NC(=O)[C@H]2CCCc3ccccc32)c1. The first-order valence-electron chi connectivity index (χ1n) is 12.0. The van der Waals surface area contributed by atoms with E-state index in [1.54, 1.807) is 19.2 Å². The highest BCUT2D eigenvalue weighted by atomic mass is 16.5. The maximum absolute atomic E-state index is 13.4. The lowest BCUT2D eigenvalue weighted by Crippen LogP contribution is -2.48. The summed E-state index contributed by atoms with van der Waals surface area (Å²) in [6, 6.07) is 14.7. The maximum Gasteiger partial charge on any atom is 0.475 e. The largest absolute Gasteiger partial charge is 0.497 e. The van der Waals surface area contributed by atoms with Crippen LogP contribution in [0.25, 0.3) is 0 Å². The third kappa shape index (κ3) is 6.84. The molecule has 7 nitrogen and oxygen atoms in total. The zero-order valence-corrected chi connectivity index (χ0v) is 20.2. The Balaban J connectivity index is 1.80. The summed E-state index contributed by atoms with van der Waals surface area (Å²) in [4.78, 5) is 26.3. The molecular weight excluding hydrogens is 431 g/mol. The van der Waals surface area contributed by atoms with Crippen LogP contribution in [0.3, 0.4) is 0 Å². The number of ether oxygens (including phenoxy) is 1. The molecule has 0 spiro atoms. The van der Waals surface area contributed by atoms with Gasteiger partial charge < -0.3 is 25.4 Å². The highest BCUT2D eigenvalue weighted by molar-refractivity contribution is 6.43. The second-order valence-electron chi connectivity index (χ2n) is 9.40. The van der Waals surface area contributed by atoms with Crippen LogP contribution in [-0.4, -0.2) is 42.0 Å². The molecular formula is C26H35BN2O5. The highest BCUT2D eigenvalue weighted by Gasteiger charge is 2.31. The Hall–Kier alpha value is -2.84. The van der Waals surface area contributed by atoms with Crippen molar-refractivity contribution in [2.24, 2.45) is 5.92 Å². The number of hydrogen-bond acceptors (Lipinski definition) is 5. The minimum Gasteiger partial charge on any atom is -0.497 e. The minimum absolute atomic E-state index is 0.0331. The Labute approximate surface area is 202 Å². The number of methoxy groups -OCH3 is 1. The molecule has 8 heteroatoms. The molecule has 3 rings (SSSR count). The van der Waals surface area contributed by atoms with E-state index in [0.717, 1.165) is 30.4 Å². The summed E-state index contributed by atoms with van der Waals surface area (Å²) in [5.41, 5.74) is 2.98. The number of hydrogen-bond donors (Lipinski definition) is 4.